The standard InChI is InChI=1S/C7H6NS/c1-2-6-3-4-7(5-8)9-6/h3-4H,1-2H2. The van der Waals surface area contributed by atoms with E-state index in [4.69, 9.17) is 5.26 Å². The van der Waals surface area contributed by atoms with Crippen molar-refractivity contribution in [3.05, 3.63) is 28.8 Å². The highest BCUT2D eigenvalue weighted by Crippen LogP contribution is 2.14. The van der Waals surface area contributed by atoms with Crippen LogP contribution in [0.5, 0.6) is 0 Å². The van der Waals surface area contributed by atoms with Crippen LogP contribution in [-0.2, 0) is 6.42 Å². The summed E-state index contributed by atoms with van der Waals surface area (Å²) in [7, 11) is 0. The van der Waals surface area contributed by atoms with Gasteiger partial charge >= 0.3 is 0 Å². The lowest BCUT2D eigenvalue weighted by Crippen LogP contribution is -1.64. The average molecular weight is 136 g/mol. The lowest BCUT2D eigenvalue weighted by molar-refractivity contribution is 1.35. The zero-order chi connectivity index (χ0) is 6.69. The highest BCUT2D eigenvalue weighted by Gasteiger charge is 1.93. The Balaban J connectivity index is 2.90. The van der Waals surface area contributed by atoms with Gasteiger partial charge in [0.25, 0.3) is 0 Å². The Bertz CT molecular complexity index is 231. The third-order valence-electron chi connectivity index (χ3n) is 1.02. The van der Waals surface area contributed by atoms with Crippen LogP contribution in [0.1, 0.15) is 9.75 Å². The molecule has 0 atom stereocenters. The Kier molecular flexibility index (Phi) is 1.86. The van der Waals surface area contributed by atoms with E-state index in [1.165, 1.54) is 16.2 Å². The van der Waals surface area contributed by atoms with Crippen LogP contribution in [0.15, 0.2) is 12.1 Å². The fourth-order valence-electron chi connectivity index (χ4n) is 0.572. The van der Waals surface area contributed by atoms with E-state index in [0.717, 1.165) is 11.3 Å². The molecule has 0 saturated heterocycles. The second-order valence-electron chi connectivity index (χ2n) is 1.63. The molecule has 0 unspecified atom stereocenters. The molecule has 9 heavy (non-hydrogen) atoms. The maximum absolute atomic E-state index is 8.39. The predicted molar refractivity (Wildman–Crippen MR) is 38.1 cm³/mol. The third-order valence-corrected chi connectivity index (χ3v) is 2.07. The summed E-state index contributed by atoms with van der Waals surface area (Å²) in [4.78, 5) is 1.94. The summed E-state index contributed by atoms with van der Waals surface area (Å²) in [6.45, 7) is 3.70. The molecular weight excluding hydrogens is 130 g/mol. The van der Waals surface area contributed by atoms with Gasteiger partial charge in [-0.2, -0.15) is 5.26 Å². The van der Waals surface area contributed by atoms with Gasteiger partial charge in [-0.15, -0.1) is 11.3 Å². The minimum absolute atomic E-state index is 0.772. The monoisotopic (exact) mass is 136 g/mol. The van der Waals surface area contributed by atoms with E-state index in [9.17, 15) is 0 Å². The van der Waals surface area contributed by atoms with Crippen molar-refractivity contribution in [3.8, 4) is 6.07 Å². The molecule has 0 fully saturated rings. The van der Waals surface area contributed by atoms with Crippen molar-refractivity contribution in [3.63, 3.8) is 0 Å². The SMILES string of the molecule is [CH2]Cc1ccc(C#N)s1. The number of nitrogens with zero attached hydrogens (tertiary/aromatic N) is 1. The predicted octanol–water partition coefficient (Wildman–Crippen LogP) is 2.00. The number of hydrogen-bond donors (Lipinski definition) is 0. The van der Waals surface area contributed by atoms with Crippen molar-refractivity contribution >= 4 is 11.3 Å². The molecule has 1 nitrogen and oxygen atoms in total. The summed E-state index contributed by atoms with van der Waals surface area (Å²) in [5, 5.41) is 8.39. The molecule has 0 N–H and O–H groups in total. The molecule has 0 saturated carbocycles. The lowest BCUT2D eigenvalue weighted by atomic mass is 10.4. The van der Waals surface area contributed by atoms with Gasteiger partial charge in [-0.3, -0.25) is 0 Å². The van der Waals surface area contributed by atoms with Crippen LogP contribution in [-0.4, -0.2) is 0 Å². The minimum Gasteiger partial charge on any atom is -0.192 e. The Hall–Kier alpha value is -0.810. The van der Waals surface area contributed by atoms with Crippen LogP contribution in [0.3, 0.4) is 0 Å². The molecule has 1 radical (unpaired) electrons. The molecule has 0 spiro atoms. The van der Waals surface area contributed by atoms with E-state index >= 15 is 0 Å². The Morgan fingerprint density at radius 2 is 2.44 bits per heavy atom. The minimum atomic E-state index is 0.772. The molecule has 1 aromatic heterocycles. The van der Waals surface area contributed by atoms with Gasteiger partial charge < -0.3 is 0 Å². The zero-order valence-corrected chi connectivity index (χ0v) is 5.74. The van der Waals surface area contributed by atoms with Crippen molar-refractivity contribution in [1.82, 2.24) is 0 Å². The lowest BCUT2D eigenvalue weighted by Gasteiger charge is -1.79. The first-order valence-electron chi connectivity index (χ1n) is 2.65. The van der Waals surface area contributed by atoms with Gasteiger partial charge in [0.05, 0.1) is 0 Å². The number of thiophene rings is 1. The summed E-state index contributed by atoms with van der Waals surface area (Å²) >= 11 is 1.51. The van der Waals surface area contributed by atoms with E-state index in [2.05, 4.69) is 13.0 Å². The second-order valence-corrected chi connectivity index (χ2v) is 2.80. The number of nitriles is 1. The molecule has 0 aliphatic rings. The van der Waals surface area contributed by atoms with Gasteiger partial charge in [-0.05, 0) is 25.5 Å². The summed E-state index contributed by atoms with van der Waals surface area (Å²) in [5.74, 6) is 0. The molecule has 0 aliphatic carbocycles. The van der Waals surface area contributed by atoms with Crippen molar-refractivity contribution in [2.24, 2.45) is 0 Å². The fraction of sp³-hybridized carbons (Fsp3) is 0.143. The van der Waals surface area contributed by atoms with Crippen molar-refractivity contribution < 1.29 is 0 Å². The fourth-order valence-corrected chi connectivity index (χ4v) is 1.27. The van der Waals surface area contributed by atoms with Crippen molar-refractivity contribution in [1.29, 1.82) is 5.26 Å². The van der Waals surface area contributed by atoms with Crippen LogP contribution in [0.4, 0.5) is 0 Å². The molecule has 0 aromatic carbocycles. The Labute approximate surface area is 58.6 Å². The molecule has 0 amide bonds. The number of rotatable bonds is 1. The summed E-state index contributed by atoms with van der Waals surface area (Å²) < 4.78 is 0. The average Bonchev–Trinajstić information content (AvgIpc) is 2.34. The summed E-state index contributed by atoms with van der Waals surface area (Å²) in [5.41, 5.74) is 0. The van der Waals surface area contributed by atoms with E-state index in [1.54, 1.807) is 0 Å². The molecule has 1 heterocycles. The highest BCUT2D eigenvalue weighted by atomic mass is 32.1. The van der Waals surface area contributed by atoms with Gasteiger partial charge in [-0.25, -0.2) is 0 Å². The molecule has 45 valence electrons. The Morgan fingerprint density at radius 1 is 1.67 bits per heavy atom. The number of hydrogen-bond acceptors (Lipinski definition) is 2. The van der Waals surface area contributed by atoms with Crippen molar-refractivity contribution in [2.75, 3.05) is 0 Å². The summed E-state index contributed by atoms with van der Waals surface area (Å²) in [6.07, 6.45) is 0.784. The normalized spacial score (nSPS) is 8.89. The second kappa shape index (κ2) is 2.65. The molecule has 2 heteroatoms. The van der Waals surface area contributed by atoms with E-state index in [1.807, 2.05) is 12.1 Å². The molecule has 1 rings (SSSR count). The van der Waals surface area contributed by atoms with Crippen LogP contribution in [0, 0.1) is 18.3 Å². The quantitative estimate of drug-likeness (QED) is 0.579. The van der Waals surface area contributed by atoms with Crippen LogP contribution in [0.2, 0.25) is 0 Å². The van der Waals surface area contributed by atoms with Crippen LogP contribution in [0.25, 0.3) is 0 Å². The summed E-state index contributed by atoms with van der Waals surface area (Å²) in [6, 6.07) is 5.84. The van der Waals surface area contributed by atoms with Gasteiger partial charge in [0.1, 0.15) is 10.9 Å². The van der Waals surface area contributed by atoms with E-state index < -0.39 is 0 Å². The first kappa shape index (κ1) is 6.31. The zero-order valence-electron chi connectivity index (χ0n) is 4.92. The molecular formula is C7H6NS. The maximum Gasteiger partial charge on any atom is 0.110 e. The van der Waals surface area contributed by atoms with E-state index in [-0.39, 0.29) is 0 Å². The molecule has 0 aliphatic heterocycles. The van der Waals surface area contributed by atoms with Gasteiger partial charge in [-0.1, -0.05) is 0 Å². The largest absolute Gasteiger partial charge is 0.192 e. The first-order valence-corrected chi connectivity index (χ1v) is 3.46. The van der Waals surface area contributed by atoms with Gasteiger partial charge in [0, 0.05) is 4.88 Å². The maximum atomic E-state index is 8.39. The Morgan fingerprint density at radius 3 is 2.78 bits per heavy atom. The topological polar surface area (TPSA) is 23.8 Å². The van der Waals surface area contributed by atoms with Crippen molar-refractivity contribution in [2.45, 2.75) is 6.42 Å². The smallest absolute Gasteiger partial charge is 0.110 e. The first-order chi connectivity index (χ1) is 4.36. The van der Waals surface area contributed by atoms with Crippen LogP contribution >= 0.6 is 11.3 Å². The van der Waals surface area contributed by atoms with Gasteiger partial charge in [0.15, 0.2) is 0 Å². The molecule has 1 aromatic rings. The van der Waals surface area contributed by atoms with Gasteiger partial charge in [0.2, 0.25) is 0 Å². The van der Waals surface area contributed by atoms with E-state index in [0.29, 0.717) is 0 Å². The van der Waals surface area contributed by atoms with Crippen LogP contribution < -0.4 is 0 Å². The highest BCUT2D eigenvalue weighted by molar-refractivity contribution is 7.12. The molecule has 0 bridgehead atoms. The third kappa shape index (κ3) is 1.30.